The van der Waals surface area contributed by atoms with Crippen LogP contribution in [0.3, 0.4) is 0 Å². The predicted molar refractivity (Wildman–Crippen MR) is 89.9 cm³/mol. The first kappa shape index (κ1) is 16.4. The lowest BCUT2D eigenvalue weighted by Crippen LogP contribution is -2.37. The molecule has 2 aromatic carbocycles. The van der Waals surface area contributed by atoms with E-state index in [4.69, 9.17) is 10.2 Å². The van der Waals surface area contributed by atoms with Crippen molar-refractivity contribution in [1.29, 1.82) is 0 Å². The van der Waals surface area contributed by atoms with Gasteiger partial charge in [-0.25, -0.2) is 4.39 Å². The predicted octanol–water partition coefficient (Wildman–Crippen LogP) is 3.04. The third kappa shape index (κ3) is 3.74. The summed E-state index contributed by atoms with van der Waals surface area (Å²) >= 11 is 0. The lowest BCUT2D eigenvalue weighted by Gasteiger charge is -2.14. The van der Waals surface area contributed by atoms with Crippen LogP contribution in [0, 0.1) is 5.82 Å². The summed E-state index contributed by atoms with van der Waals surface area (Å²) < 4.78 is 18.5. The molecule has 0 saturated carbocycles. The first-order valence-corrected chi connectivity index (χ1v) is 7.55. The second-order valence-corrected chi connectivity index (χ2v) is 5.39. The molecule has 3 aromatic rings. The summed E-state index contributed by atoms with van der Waals surface area (Å²) in [6.45, 7) is 0. The molecule has 0 radical (unpaired) electrons. The zero-order chi connectivity index (χ0) is 17.8. The SMILES string of the molecule is NC(=O)C(NC(=O)c1ccc(-c2ccc(F)cc2)o1)c1ccccc1. The molecule has 0 aliphatic heterocycles. The Bertz CT molecular complexity index is 889. The highest BCUT2D eigenvalue weighted by molar-refractivity contribution is 5.96. The van der Waals surface area contributed by atoms with Crippen molar-refractivity contribution >= 4 is 11.8 Å². The standard InChI is InChI=1S/C19H15FN2O3/c20-14-8-6-12(7-9-14)15-10-11-16(25-15)19(24)22-17(18(21)23)13-4-2-1-3-5-13/h1-11,17H,(H2,21,23)(H,22,24). The van der Waals surface area contributed by atoms with Crippen molar-refractivity contribution in [2.75, 3.05) is 0 Å². The maximum absolute atomic E-state index is 13.0. The summed E-state index contributed by atoms with van der Waals surface area (Å²) in [5.41, 5.74) is 6.60. The normalized spacial score (nSPS) is 11.7. The minimum Gasteiger partial charge on any atom is -0.451 e. The maximum atomic E-state index is 13.0. The zero-order valence-corrected chi connectivity index (χ0v) is 13.1. The number of hydrogen-bond acceptors (Lipinski definition) is 3. The van der Waals surface area contributed by atoms with Crippen molar-refractivity contribution in [3.8, 4) is 11.3 Å². The maximum Gasteiger partial charge on any atom is 0.287 e. The van der Waals surface area contributed by atoms with E-state index in [0.717, 1.165) is 0 Å². The molecular weight excluding hydrogens is 323 g/mol. The number of rotatable bonds is 5. The van der Waals surface area contributed by atoms with Crippen molar-refractivity contribution < 1.29 is 18.4 Å². The van der Waals surface area contributed by atoms with Gasteiger partial charge in [0.1, 0.15) is 17.6 Å². The third-order valence-corrected chi connectivity index (χ3v) is 3.65. The topological polar surface area (TPSA) is 85.3 Å². The Morgan fingerprint density at radius 1 is 0.960 bits per heavy atom. The van der Waals surface area contributed by atoms with Crippen LogP contribution in [0.5, 0.6) is 0 Å². The first-order valence-electron chi connectivity index (χ1n) is 7.55. The van der Waals surface area contributed by atoms with Crippen LogP contribution in [-0.4, -0.2) is 11.8 Å². The van der Waals surface area contributed by atoms with Crippen molar-refractivity contribution in [3.05, 3.63) is 83.9 Å². The fraction of sp³-hybridized carbons (Fsp3) is 0.0526. The van der Waals surface area contributed by atoms with Crippen LogP contribution in [0.2, 0.25) is 0 Å². The molecule has 0 saturated heterocycles. The van der Waals surface area contributed by atoms with Gasteiger partial charge in [0, 0.05) is 5.56 Å². The first-order chi connectivity index (χ1) is 12.0. The number of benzene rings is 2. The molecule has 1 atom stereocenters. The molecule has 1 aromatic heterocycles. The van der Waals surface area contributed by atoms with Crippen LogP contribution in [0.25, 0.3) is 11.3 Å². The van der Waals surface area contributed by atoms with Crippen LogP contribution in [0.15, 0.2) is 71.1 Å². The summed E-state index contributed by atoms with van der Waals surface area (Å²) in [7, 11) is 0. The van der Waals surface area contributed by atoms with E-state index < -0.39 is 17.9 Å². The summed E-state index contributed by atoms with van der Waals surface area (Å²) in [4.78, 5) is 24.0. The molecule has 1 heterocycles. The van der Waals surface area contributed by atoms with E-state index in [1.165, 1.54) is 18.2 Å². The fourth-order valence-electron chi connectivity index (χ4n) is 2.40. The second-order valence-electron chi connectivity index (χ2n) is 5.39. The van der Waals surface area contributed by atoms with E-state index >= 15 is 0 Å². The van der Waals surface area contributed by atoms with Gasteiger partial charge in [-0.1, -0.05) is 30.3 Å². The summed E-state index contributed by atoms with van der Waals surface area (Å²) in [5, 5.41) is 2.56. The molecule has 0 spiro atoms. The Morgan fingerprint density at radius 2 is 1.64 bits per heavy atom. The number of furan rings is 1. The molecule has 6 heteroatoms. The molecule has 3 N–H and O–H groups in total. The molecule has 5 nitrogen and oxygen atoms in total. The van der Waals surface area contributed by atoms with Crippen LogP contribution in [0.4, 0.5) is 4.39 Å². The monoisotopic (exact) mass is 338 g/mol. The molecule has 0 aliphatic carbocycles. The number of halogens is 1. The van der Waals surface area contributed by atoms with Gasteiger partial charge in [-0.2, -0.15) is 0 Å². The Labute approximate surface area is 143 Å². The molecule has 126 valence electrons. The number of carbonyl (C=O) groups excluding carboxylic acids is 2. The molecule has 1 unspecified atom stereocenters. The third-order valence-electron chi connectivity index (χ3n) is 3.65. The van der Waals surface area contributed by atoms with Crippen LogP contribution < -0.4 is 11.1 Å². The highest BCUT2D eigenvalue weighted by atomic mass is 19.1. The van der Waals surface area contributed by atoms with E-state index in [2.05, 4.69) is 5.32 Å². The van der Waals surface area contributed by atoms with Crippen molar-refractivity contribution in [2.45, 2.75) is 6.04 Å². The molecule has 0 bridgehead atoms. The van der Waals surface area contributed by atoms with Gasteiger partial charge in [-0.3, -0.25) is 9.59 Å². The van der Waals surface area contributed by atoms with Crippen molar-refractivity contribution in [1.82, 2.24) is 5.32 Å². The van der Waals surface area contributed by atoms with E-state index in [1.807, 2.05) is 0 Å². The van der Waals surface area contributed by atoms with Gasteiger partial charge in [0.2, 0.25) is 5.91 Å². The Morgan fingerprint density at radius 3 is 2.28 bits per heavy atom. The Kier molecular flexibility index (Phi) is 4.61. The Balaban J connectivity index is 1.79. The minimum absolute atomic E-state index is 0.0292. The summed E-state index contributed by atoms with van der Waals surface area (Å²) in [5.74, 6) is -1.16. The smallest absolute Gasteiger partial charge is 0.287 e. The summed E-state index contributed by atoms with van der Waals surface area (Å²) in [6.07, 6.45) is 0. The van der Waals surface area contributed by atoms with Crippen LogP contribution in [-0.2, 0) is 4.79 Å². The Hall–Kier alpha value is -3.41. The molecular formula is C19H15FN2O3. The van der Waals surface area contributed by atoms with E-state index in [9.17, 15) is 14.0 Å². The van der Waals surface area contributed by atoms with Gasteiger partial charge in [0.25, 0.3) is 5.91 Å². The van der Waals surface area contributed by atoms with Crippen LogP contribution >= 0.6 is 0 Å². The quantitative estimate of drug-likeness (QED) is 0.750. The van der Waals surface area contributed by atoms with Gasteiger partial charge in [0.05, 0.1) is 0 Å². The molecule has 2 amide bonds. The van der Waals surface area contributed by atoms with Gasteiger partial charge in [-0.05, 0) is 42.0 Å². The largest absolute Gasteiger partial charge is 0.451 e. The number of amides is 2. The highest BCUT2D eigenvalue weighted by Gasteiger charge is 2.22. The summed E-state index contributed by atoms with van der Waals surface area (Å²) in [6, 6.07) is 16.5. The van der Waals surface area contributed by atoms with Crippen molar-refractivity contribution in [2.24, 2.45) is 5.73 Å². The molecule has 3 rings (SSSR count). The van der Waals surface area contributed by atoms with Crippen LogP contribution in [0.1, 0.15) is 22.2 Å². The number of nitrogens with one attached hydrogen (secondary N) is 1. The fourth-order valence-corrected chi connectivity index (χ4v) is 2.40. The average molecular weight is 338 g/mol. The van der Waals surface area contributed by atoms with E-state index in [1.54, 1.807) is 48.5 Å². The zero-order valence-electron chi connectivity index (χ0n) is 13.1. The number of primary amides is 1. The number of nitrogens with two attached hydrogens (primary N) is 1. The molecule has 25 heavy (non-hydrogen) atoms. The average Bonchev–Trinajstić information content (AvgIpc) is 3.11. The van der Waals surface area contributed by atoms with Crippen molar-refractivity contribution in [3.63, 3.8) is 0 Å². The molecule has 0 aliphatic rings. The van der Waals surface area contributed by atoms with E-state index in [-0.39, 0.29) is 11.6 Å². The highest BCUT2D eigenvalue weighted by Crippen LogP contribution is 2.23. The second kappa shape index (κ2) is 7.00. The minimum atomic E-state index is -0.965. The number of hydrogen-bond donors (Lipinski definition) is 2. The lowest BCUT2D eigenvalue weighted by molar-refractivity contribution is -0.120. The number of carbonyl (C=O) groups is 2. The van der Waals surface area contributed by atoms with Gasteiger partial charge in [-0.15, -0.1) is 0 Å². The lowest BCUT2D eigenvalue weighted by atomic mass is 10.1. The molecule has 0 fully saturated rings. The van der Waals surface area contributed by atoms with Gasteiger partial charge < -0.3 is 15.5 Å². The van der Waals surface area contributed by atoms with E-state index in [0.29, 0.717) is 16.9 Å². The van der Waals surface area contributed by atoms with Gasteiger partial charge in [0.15, 0.2) is 5.76 Å². The van der Waals surface area contributed by atoms with Gasteiger partial charge >= 0.3 is 0 Å².